The summed E-state index contributed by atoms with van der Waals surface area (Å²) in [7, 11) is 0. The quantitative estimate of drug-likeness (QED) is 0.270. The number of carbonyl (C=O) groups excluding carboxylic acids is 1. The van der Waals surface area contributed by atoms with Crippen LogP contribution in [-0.2, 0) is 4.79 Å². The van der Waals surface area contributed by atoms with Crippen LogP contribution in [0.3, 0.4) is 0 Å². The van der Waals surface area contributed by atoms with E-state index in [0.29, 0.717) is 5.57 Å². The summed E-state index contributed by atoms with van der Waals surface area (Å²) in [5.74, 6) is 4.62. The fraction of sp³-hybridized carbons (Fsp3) is 0. The fourth-order valence-electron chi connectivity index (χ4n) is 0.681. The van der Waals surface area contributed by atoms with Gasteiger partial charge in [-0.15, -0.1) is 0 Å². The highest BCUT2D eigenvalue weighted by Gasteiger charge is 2.02. The third-order valence-electron chi connectivity index (χ3n) is 1.21. The normalized spacial score (nSPS) is 14.8. The topological polar surface area (TPSA) is 67.1 Å². The predicted molar refractivity (Wildman–Crippen MR) is 41.8 cm³/mol. The Kier molecular flexibility index (Phi) is 2.46. The lowest BCUT2D eigenvalue weighted by Crippen LogP contribution is -2.31. The molecule has 0 bridgehead atoms. The molecule has 58 valence electrons. The molecule has 0 atom stereocenters. The SMILES string of the molecule is NNC(=O)C1=CNC=CC=C1. The predicted octanol–water partition coefficient (Wildman–Crippen LogP) is -0.467. The maximum atomic E-state index is 10.9. The number of hydrazine groups is 1. The molecule has 1 heterocycles. The van der Waals surface area contributed by atoms with Gasteiger partial charge in [0.25, 0.3) is 5.91 Å². The second-order valence-electron chi connectivity index (χ2n) is 1.96. The first-order valence-corrected chi connectivity index (χ1v) is 3.15. The van der Waals surface area contributed by atoms with Crippen LogP contribution in [0, 0.1) is 0 Å². The van der Waals surface area contributed by atoms with Crippen molar-refractivity contribution < 1.29 is 4.79 Å². The molecule has 0 aromatic carbocycles. The maximum Gasteiger partial charge on any atom is 0.266 e. The van der Waals surface area contributed by atoms with Gasteiger partial charge in [-0.2, -0.15) is 0 Å². The van der Waals surface area contributed by atoms with Gasteiger partial charge in [-0.1, -0.05) is 6.08 Å². The molecule has 1 rings (SSSR count). The Morgan fingerprint density at radius 3 is 3.09 bits per heavy atom. The van der Waals surface area contributed by atoms with E-state index in [4.69, 9.17) is 5.84 Å². The van der Waals surface area contributed by atoms with E-state index < -0.39 is 0 Å². The first-order chi connectivity index (χ1) is 5.34. The Bertz CT molecular complexity index is 240. The molecular weight excluding hydrogens is 142 g/mol. The molecule has 0 aromatic rings. The molecule has 4 heteroatoms. The second kappa shape index (κ2) is 3.58. The van der Waals surface area contributed by atoms with Crippen molar-refractivity contribution in [2.75, 3.05) is 0 Å². The van der Waals surface area contributed by atoms with E-state index in [-0.39, 0.29) is 5.91 Å². The van der Waals surface area contributed by atoms with Crippen LogP contribution in [-0.4, -0.2) is 5.91 Å². The van der Waals surface area contributed by atoms with E-state index in [0.717, 1.165) is 0 Å². The molecule has 0 saturated carbocycles. The van der Waals surface area contributed by atoms with Crippen molar-refractivity contribution in [2.45, 2.75) is 0 Å². The van der Waals surface area contributed by atoms with Crippen LogP contribution in [0.2, 0.25) is 0 Å². The van der Waals surface area contributed by atoms with Gasteiger partial charge in [0.1, 0.15) is 0 Å². The van der Waals surface area contributed by atoms with Crippen LogP contribution in [0.1, 0.15) is 0 Å². The van der Waals surface area contributed by atoms with Crippen molar-refractivity contribution in [3.8, 4) is 0 Å². The molecule has 4 nitrogen and oxygen atoms in total. The lowest BCUT2D eigenvalue weighted by molar-refractivity contribution is -0.117. The van der Waals surface area contributed by atoms with Crippen LogP contribution in [0.15, 0.2) is 36.2 Å². The van der Waals surface area contributed by atoms with Crippen LogP contribution < -0.4 is 16.6 Å². The Balaban J connectivity index is 2.72. The molecule has 1 aliphatic heterocycles. The van der Waals surface area contributed by atoms with Gasteiger partial charge in [0.2, 0.25) is 0 Å². The van der Waals surface area contributed by atoms with Crippen LogP contribution in [0.5, 0.6) is 0 Å². The molecular formula is C7H9N3O. The summed E-state index contributed by atoms with van der Waals surface area (Å²) >= 11 is 0. The van der Waals surface area contributed by atoms with Gasteiger partial charge in [0.15, 0.2) is 0 Å². The molecule has 11 heavy (non-hydrogen) atoms. The lowest BCUT2D eigenvalue weighted by atomic mass is 10.2. The molecule has 0 saturated heterocycles. The summed E-state index contributed by atoms with van der Waals surface area (Å²) in [5.41, 5.74) is 2.53. The average molecular weight is 151 g/mol. The number of carbonyl (C=O) groups is 1. The monoisotopic (exact) mass is 151 g/mol. The standard InChI is InChI=1S/C7H9N3O/c8-10-7(11)6-3-1-2-4-9-5-6/h1-5,9H,8H2,(H,10,11). The number of amides is 1. The van der Waals surface area contributed by atoms with E-state index >= 15 is 0 Å². The smallest absolute Gasteiger partial charge is 0.266 e. The van der Waals surface area contributed by atoms with Crippen molar-refractivity contribution in [1.82, 2.24) is 10.7 Å². The number of hydrogen-bond donors (Lipinski definition) is 3. The minimum atomic E-state index is -0.308. The minimum Gasteiger partial charge on any atom is -0.367 e. The summed E-state index contributed by atoms with van der Waals surface area (Å²) < 4.78 is 0. The highest BCUT2D eigenvalue weighted by molar-refractivity contribution is 5.95. The summed E-state index contributed by atoms with van der Waals surface area (Å²) in [4.78, 5) is 10.9. The van der Waals surface area contributed by atoms with Gasteiger partial charge < -0.3 is 5.32 Å². The maximum absolute atomic E-state index is 10.9. The largest absolute Gasteiger partial charge is 0.367 e. The molecule has 4 N–H and O–H groups in total. The van der Waals surface area contributed by atoms with Gasteiger partial charge >= 0.3 is 0 Å². The molecule has 0 fully saturated rings. The third kappa shape index (κ3) is 1.94. The van der Waals surface area contributed by atoms with Crippen LogP contribution in [0.4, 0.5) is 0 Å². The van der Waals surface area contributed by atoms with Crippen LogP contribution in [0.25, 0.3) is 0 Å². The Labute approximate surface area is 64.4 Å². The molecule has 0 spiro atoms. The number of rotatable bonds is 1. The highest BCUT2D eigenvalue weighted by Crippen LogP contribution is 1.97. The lowest BCUT2D eigenvalue weighted by Gasteiger charge is -1.97. The van der Waals surface area contributed by atoms with Gasteiger partial charge in [-0.3, -0.25) is 10.2 Å². The summed E-state index contributed by atoms with van der Waals surface area (Å²) in [6.45, 7) is 0. The Morgan fingerprint density at radius 1 is 1.55 bits per heavy atom. The van der Waals surface area contributed by atoms with Crippen molar-refractivity contribution in [3.63, 3.8) is 0 Å². The van der Waals surface area contributed by atoms with E-state index in [1.54, 1.807) is 30.6 Å². The Morgan fingerprint density at radius 2 is 2.36 bits per heavy atom. The third-order valence-corrected chi connectivity index (χ3v) is 1.21. The minimum absolute atomic E-state index is 0.308. The molecule has 1 aliphatic rings. The molecule has 0 unspecified atom stereocenters. The van der Waals surface area contributed by atoms with Crippen molar-refractivity contribution in [1.29, 1.82) is 0 Å². The van der Waals surface area contributed by atoms with Gasteiger partial charge in [0, 0.05) is 12.4 Å². The number of nitrogens with one attached hydrogen (secondary N) is 2. The Hall–Kier alpha value is -1.55. The number of nitrogens with two attached hydrogens (primary N) is 1. The number of hydrogen-bond acceptors (Lipinski definition) is 3. The van der Waals surface area contributed by atoms with Crippen molar-refractivity contribution in [2.24, 2.45) is 5.84 Å². The zero-order valence-electron chi connectivity index (χ0n) is 5.87. The zero-order chi connectivity index (χ0) is 8.10. The second-order valence-corrected chi connectivity index (χ2v) is 1.96. The summed E-state index contributed by atoms with van der Waals surface area (Å²) in [6, 6.07) is 0. The van der Waals surface area contributed by atoms with E-state index in [2.05, 4.69) is 5.32 Å². The first-order valence-electron chi connectivity index (χ1n) is 3.15. The summed E-state index contributed by atoms with van der Waals surface area (Å²) in [6.07, 6.45) is 8.49. The molecule has 0 aromatic heterocycles. The first kappa shape index (κ1) is 7.56. The zero-order valence-corrected chi connectivity index (χ0v) is 5.87. The van der Waals surface area contributed by atoms with E-state index in [9.17, 15) is 4.79 Å². The number of allylic oxidation sites excluding steroid dienone is 2. The molecule has 0 radical (unpaired) electrons. The fourth-order valence-corrected chi connectivity index (χ4v) is 0.681. The van der Waals surface area contributed by atoms with Crippen molar-refractivity contribution >= 4 is 5.91 Å². The van der Waals surface area contributed by atoms with Gasteiger partial charge in [-0.05, 0) is 12.2 Å². The average Bonchev–Trinajstić information content (AvgIpc) is 2.30. The van der Waals surface area contributed by atoms with Gasteiger partial charge in [0.05, 0.1) is 5.57 Å². The van der Waals surface area contributed by atoms with E-state index in [1.165, 1.54) is 0 Å². The van der Waals surface area contributed by atoms with Crippen molar-refractivity contribution in [3.05, 3.63) is 36.2 Å². The van der Waals surface area contributed by atoms with Gasteiger partial charge in [-0.25, -0.2) is 5.84 Å². The van der Waals surface area contributed by atoms with E-state index in [1.807, 2.05) is 5.43 Å². The molecule has 1 amide bonds. The molecule has 0 aliphatic carbocycles. The highest BCUT2D eigenvalue weighted by atomic mass is 16.2. The van der Waals surface area contributed by atoms with Crippen LogP contribution >= 0.6 is 0 Å². The summed E-state index contributed by atoms with van der Waals surface area (Å²) in [5, 5.41) is 2.79.